The fraction of sp³-hybridized carbons (Fsp3) is 0.250. The molecule has 1 heterocycles. The third-order valence-electron chi connectivity index (χ3n) is 4.66. The van der Waals surface area contributed by atoms with Crippen LogP contribution in [0.4, 0.5) is 0 Å². The first-order chi connectivity index (χ1) is 13.3. The Kier molecular flexibility index (Phi) is 5.44. The van der Waals surface area contributed by atoms with Crippen molar-refractivity contribution in [2.75, 3.05) is 13.1 Å². The summed E-state index contributed by atoms with van der Waals surface area (Å²) in [5, 5.41) is 25.0. The number of benzene rings is 2. The molecule has 7 nitrogen and oxygen atoms in total. The van der Waals surface area contributed by atoms with E-state index in [1.54, 1.807) is 30.8 Å². The van der Waals surface area contributed by atoms with E-state index in [9.17, 15) is 18.6 Å². The molecule has 3 rings (SSSR count). The molecule has 0 radical (unpaired) electrons. The smallest absolute Gasteiger partial charge is 0.246 e. The Balaban J connectivity index is 2.21. The summed E-state index contributed by atoms with van der Waals surface area (Å²) in [6.45, 7) is 5.94. The van der Waals surface area contributed by atoms with Gasteiger partial charge in [0, 0.05) is 24.7 Å². The molecule has 0 saturated carbocycles. The van der Waals surface area contributed by atoms with Crippen molar-refractivity contribution in [3.8, 4) is 28.4 Å². The first-order valence-electron chi connectivity index (χ1n) is 8.97. The molecule has 2 N–H and O–H groups in total. The van der Waals surface area contributed by atoms with Crippen molar-refractivity contribution in [3.63, 3.8) is 0 Å². The lowest BCUT2D eigenvalue weighted by molar-refractivity contribution is 0.423. The largest absolute Gasteiger partial charge is 0.507 e. The Morgan fingerprint density at radius 3 is 2.36 bits per heavy atom. The molecule has 0 bridgehead atoms. The van der Waals surface area contributed by atoms with Crippen molar-refractivity contribution < 1.29 is 18.6 Å². The van der Waals surface area contributed by atoms with Crippen molar-refractivity contribution in [1.29, 1.82) is 0 Å². The van der Waals surface area contributed by atoms with Crippen LogP contribution in [-0.2, 0) is 10.0 Å². The summed E-state index contributed by atoms with van der Waals surface area (Å²) in [6, 6.07) is 11.7. The van der Waals surface area contributed by atoms with Crippen molar-refractivity contribution in [3.05, 3.63) is 54.2 Å². The number of phenolic OH excluding ortho intramolecular Hbond substituents is 2. The fourth-order valence-corrected chi connectivity index (χ4v) is 4.72. The molecule has 0 aliphatic carbocycles. The zero-order valence-electron chi connectivity index (χ0n) is 16.0. The highest BCUT2D eigenvalue weighted by molar-refractivity contribution is 7.89. The first-order valence-corrected chi connectivity index (χ1v) is 10.4. The van der Waals surface area contributed by atoms with Crippen LogP contribution in [0, 0.1) is 6.92 Å². The zero-order chi connectivity index (χ0) is 20.5. The van der Waals surface area contributed by atoms with Gasteiger partial charge >= 0.3 is 0 Å². The van der Waals surface area contributed by atoms with Crippen molar-refractivity contribution >= 4 is 10.0 Å². The van der Waals surface area contributed by atoms with E-state index < -0.39 is 15.8 Å². The number of rotatable bonds is 6. The standard InChI is InChI=1S/C20H23N3O4S/c1-4-22(5-2)28(26,27)20-12-15(18(24)13-19(20)25)17-10-11-21-23(17)16-9-7-6-8-14(16)3/h6-13,24-25H,4-5H2,1-3H3. The lowest BCUT2D eigenvalue weighted by Gasteiger charge is -2.20. The number of phenols is 2. The third kappa shape index (κ3) is 3.36. The molecule has 0 unspecified atom stereocenters. The number of hydrogen-bond donors (Lipinski definition) is 2. The molecule has 148 valence electrons. The van der Waals surface area contributed by atoms with Crippen LogP contribution >= 0.6 is 0 Å². The van der Waals surface area contributed by atoms with Gasteiger partial charge in [0.15, 0.2) is 0 Å². The van der Waals surface area contributed by atoms with E-state index in [1.807, 2.05) is 31.2 Å². The number of para-hydroxylation sites is 1. The van der Waals surface area contributed by atoms with Gasteiger partial charge in [-0.05, 0) is 30.7 Å². The van der Waals surface area contributed by atoms with E-state index in [2.05, 4.69) is 5.10 Å². The summed E-state index contributed by atoms with van der Waals surface area (Å²) >= 11 is 0. The molecule has 0 fully saturated rings. The van der Waals surface area contributed by atoms with Crippen LogP contribution in [0.15, 0.2) is 53.6 Å². The van der Waals surface area contributed by atoms with Crippen LogP contribution in [0.25, 0.3) is 16.9 Å². The summed E-state index contributed by atoms with van der Waals surface area (Å²) in [5.74, 6) is -0.721. The number of hydrogen-bond acceptors (Lipinski definition) is 5. The number of aryl methyl sites for hydroxylation is 1. The predicted octanol–water partition coefficient (Wildman–Crippen LogP) is 3.29. The summed E-state index contributed by atoms with van der Waals surface area (Å²) < 4.78 is 28.7. The second-order valence-corrected chi connectivity index (χ2v) is 8.25. The van der Waals surface area contributed by atoms with Crippen LogP contribution in [0.5, 0.6) is 11.5 Å². The normalized spacial score (nSPS) is 11.9. The van der Waals surface area contributed by atoms with Crippen LogP contribution in [-0.4, -0.2) is 45.8 Å². The molecule has 0 aliphatic rings. The maximum absolute atomic E-state index is 12.9. The van der Waals surface area contributed by atoms with Gasteiger partial charge in [-0.3, -0.25) is 0 Å². The zero-order valence-corrected chi connectivity index (χ0v) is 16.8. The summed E-state index contributed by atoms with van der Waals surface area (Å²) in [5.41, 5.74) is 2.57. The van der Waals surface area contributed by atoms with Gasteiger partial charge in [0.25, 0.3) is 0 Å². The lowest BCUT2D eigenvalue weighted by Crippen LogP contribution is -2.30. The van der Waals surface area contributed by atoms with Gasteiger partial charge in [0.1, 0.15) is 16.4 Å². The van der Waals surface area contributed by atoms with E-state index in [4.69, 9.17) is 0 Å². The second kappa shape index (κ2) is 7.65. The highest BCUT2D eigenvalue weighted by Crippen LogP contribution is 2.38. The molecule has 0 spiro atoms. The first kappa shape index (κ1) is 19.9. The lowest BCUT2D eigenvalue weighted by atomic mass is 10.1. The minimum atomic E-state index is -3.91. The highest BCUT2D eigenvalue weighted by Gasteiger charge is 2.27. The van der Waals surface area contributed by atoms with Crippen LogP contribution in [0.1, 0.15) is 19.4 Å². The van der Waals surface area contributed by atoms with Crippen LogP contribution in [0.2, 0.25) is 0 Å². The van der Waals surface area contributed by atoms with Crippen LogP contribution in [0.3, 0.4) is 0 Å². The fourth-order valence-electron chi connectivity index (χ4n) is 3.17. The van der Waals surface area contributed by atoms with Gasteiger partial charge in [-0.15, -0.1) is 0 Å². The molecule has 3 aromatic rings. The minimum Gasteiger partial charge on any atom is -0.507 e. The van der Waals surface area contributed by atoms with E-state index in [0.717, 1.165) is 17.3 Å². The molecule has 28 heavy (non-hydrogen) atoms. The molecule has 8 heteroatoms. The van der Waals surface area contributed by atoms with Crippen molar-refractivity contribution in [2.45, 2.75) is 25.7 Å². The summed E-state index contributed by atoms with van der Waals surface area (Å²) in [6.07, 6.45) is 1.58. The molecule has 0 atom stereocenters. The summed E-state index contributed by atoms with van der Waals surface area (Å²) in [4.78, 5) is -0.249. The van der Waals surface area contributed by atoms with E-state index in [1.165, 1.54) is 10.4 Å². The van der Waals surface area contributed by atoms with E-state index in [0.29, 0.717) is 5.69 Å². The molecule has 0 aliphatic heterocycles. The van der Waals surface area contributed by atoms with Gasteiger partial charge in [-0.2, -0.15) is 9.40 Å². The highest BCUT2D eigenvalue weighted by atomic mass is 32.2. The molecule has 0 amide bonds. The van der Waals surface area contributed by atoms with Gasteiger partial charge in [0.2, 0.25) is 10.0 Å². The van der Waals surface area contributed by atoms with Crippen molar-refractivity contribution in [2.24, 2.45) is 0 Å². The average Bonchev–Trinajstić information content (AvgIpc) is 3.12. The quantitative estimate of drug-likeness (QED) is 0.661. The summed E-state index contributed by atoms with van der Waals surface area (Å²) in [7, 11) is -3.91. The van der Waals surface area contributed by atoms with Gasteiger partial charge in [-0.25, -0.2) is 13.1 Å². The van der Waals surface area contributed by atoms with Crippen LogP contribution < -0.4 is 0 Å². The third-order valence-corrected chi connectivity index (χ3v) is 6.74. The SMILES string of the molecule is CCN(CC)S(=O)(=O)c1cc(-c2ccnn2-c2ccccc2C)c(O)cc1O. The molecule has 1 aromatic heterocycles. The maximum atomic E-state index is 12.9. The monoisotopic (exact) mass is 401 g/mol. The maximum Gasteiger partial charge on any atom is 0.246 e. The topological polar surface area (TPSA) is 95.7 Å². The van der Waals surface area contributed by atoms with Crippen molar-refractivity contribution in [1.82, 2.24) is 14.1 Å². The average molecular weight is 401 g/mol. The minimum absolute atomic E-state index is 0.230. The van der Waals surface area contributed by atoms with E-state index in [-0.39, 0.29) is 29.3 Å². The Labute approximate surface area is 164 Å². The Morgan fingerprint density at radius 1 is 1.04 bits per heavy atom. The number of nitrogens with zero attached hydrogens (tertiary/aromatic N) is 3. The predicted molar refractivity (Wildman–Crippen MR) is 107 cm³/mol. The molecular weight excluding hydrogens is 378 g/mol. The number of aromatic hydroxyl groups is 2. The second-order valence-electron chi connectivity index (χ2n) is 6.34. The molecular formula is C20H23N3O4S. The number of aromatic nitrogens is 2. The van der Waals surface area contributed by atoms with Gasteiger partial charge in [0.05, 0.1) is 17.6 Å². The Morgan fingerprint density at radius 2 is 1.71 bits per heavy atom. The Bertz CT molecular complexity index is 1100. The van der Waals surface area contributed by atoms with Gasteiger partial charge < -0.3 is 10.2 Å². The van der Waals surface area contributed by atoms with E-state index >= 15 is 0 Å². The molecule has 2 aromatic carbocycles. The van der Waals surface area contributed by atoms with Gasteiger partial charge in [-0.1, -0.05) is 32.0 Å². The Hall–Kier alpha value is -2.84. The molecule has 0 saturated heterocycles. The number of sulfonamides is 1.